The number of nitrogens with zero attached hydrogens (tertiary/aromatic N) is 2. The normalized spacial score (nSPS) is 19.7. The minimum Gasteiger partial charge on any atom is -0.310 e. The van der Waals surface area contributed by atoms with E-state index in [0.29, 0.717) is 0 Å². The Morgan fingerprint density at radius 1 is 1.80 bits per heavy atom. The van der Waals surface area contributed by atoms with Crippen LogP contribution in [0, 0.1) is 0 Å². The lowest BCUT2D eigenvalue weighted by atomic mass is 10.3. The second-order valence-electron chi connectivity index (χ2n) is 3.10. The summed E-state index contributed by atoms with van der Waals surface area (Å²) in [6.45, 7) is 0. The predicted octanol–water partition coefficient (Wildman–Crippen LogP) is 0.443. The number of aromatic nitrogens is 2. The van der Waals surface area contributed by atoms with Crippen molar-refractivity contribution >= 4 is 35.9 Å². The summed E-state index contributed by atoms with van der Waals surface area (Å²) in [4.78, 5) is 11.6. The van der Waals surface area contributed by atoms with E-state index in [9.17, 15) is 4.79 Å². The molecule has 0 bridgehead atoms. The third kappa shape index (κ3) is 2.87. The molecule has 2 N–H and O–H groups in total. The van der Waals surface area contributed by atoms with Gasteiger partial charge in [0.2, 0.25) is 5.91 Å². The molecule has 2 heterocycles. The van der Waals surface area contributed by atoms with Gasteiger partial charge in [-0.05, 0) is 0 Å². The number of aryl methyl sites for hydroxylation is 1. The molecule has 2 rings (SSSR count). The zero-order chi connectivity index (χ0) is 9.97. The number of nitrogens with one attached hydrogen (secondary N) is 2. The number of rotatable bonds is 2. The highest BCUT2D eigenvalue weighted by atomic mass is 35.5. The van der Waals surface area contributed by atoms with Crippen molar-refractivity contribution in [1.82, 2.24) is 15.1 Å². The van der Waals surface area contributed by atoms with Crippen LogP contribution in [-0.4, -0.2) is 33.4 Å². The number of thioether (sulfide) groups is 1. The van der Waals surface area contributed by atoms with Gasteiger partial charge in [-0.1, -0.05) is 0 Å². The monoisotopic (exact) mass is 248 g/mol. The second-order valence-corrected chi connectivity index (χ2v) is 4.13. The Morgan fingerprint density at radius 2 is 2.60 bits per heavy atom. The van der Waals surface area contributed by atoms with Crippen molar-refractivity contribution in [2.75, 3.05) is 16.9 Å². The van der Waals surface area contributed by atoms with Gasteiger partial charge in [0.05, 0.1) is 12.2 Å². The summed E-state index contributed by atoms with van der Waals surface area (Å²) in [5, 5.41) is 9.90. The molecule has 1 aromatic rings. The quantitative estimate of drug-likeness (QED) is 0.798. The van der Waals surface area contributed by atoms with E-state index < -0.39 is 0 Å². The molecule has 1 atom stereocenters. The summed E-state index contributed by atoms with van der Waals surface area (Å²) in [6.07, 6.45) is 1.66. The van der Waals surface area contributed by atoms with Crippen LogP contribution in [0.25, 0.3) is 0 Å². The smallest absolute Gasteiger partial charge is 0.243 e. The lowest BCUT2D eigenvalue weighted by Crippen LogP contribution is -2.37. The van der Waals surface area contributed by atoms with Gasteiger partial charge >= 0.3 is 0 Å². The van der Waals surface area contributed by atoms with Crippen molar-refractivity contribution in [2.24, 2.45) is 7.05 Å². The van der Waals surface area contributed by atoms with Crippen LogP contribution in [0.5, 0.6) is 0 Å². The second kappa shape index (κ2) is 5.39. The minimum absolute atomic E-state index is 0. The first-order chi connectivity index (χ1) is 6.77. The number of carbonyl (C=O) groups is 1. The third-order valence-corrected chi connectivity index (χ3v) is 3.04. The first kappa shape index (κ1) is 12.4. The molecule has 0 aliphatic carbocycles. The molecule has 5 nitrogen and oxygen atoms in total. The van der Waals surface area contributed by atoms with Gasteiger partial charge in [0.15, 0.2) is 0 Å². The topological polar surface area (TPSA) is 59.0 Å². The highest BCUT2D eigenvalue weighted by molar-refractivity contribution is 7.99. The average Bonchev–Trinajstić information content (AvgIpc) is 2.77. The van der Waals surface area contributed by atoms with Crippen LogP contribution in [-0.2, 0) is 11.8 Å². The van der Waals surface area contributed by atoms with Crippen molar-refractivity contribution in [3.63, 3.8) is 0 Å². The maximum absolute atomic E-state index is 11.6. The van der Waals surface area contributed by atoms with Crippen molar-refractivity contribution in [3.8, 4) is 0 Å². The van der Waals surface area contributed by atoms with Crippen LogP contribution in [0.4, 0.5) is 5.82 Å². The Morgan fingerprint density at radius 3 is 3.13 bits per heavy atom. The molecule has 0 radical (unpaired) electrons. The molecule has 1 unspecified atom stereocenters. The van der Waals surface area contributed by atoms with Gasteiger partial charge in [0.1, 0.15) is 5.82 Å². The first-order valence-electron chi connectivity index (χ1n) is 4.37. The minimum atomic E-state index is -0.0742. The van der Waals surface area contributed by atoms with Gasteiger partial charge in [-0.3, -0.25) is 14.8 Å². The number of halogens is 1. The molecule has 1 aliphatic rings. The van der Waals surface area contributed by atoms with Crippen molar-refractivity contribution < 1.29 is 4.79 Å². The Labute approximate surface area is 98.4 Å². The summed E-state index contributed by atoms with van der Waals surface area (Å²) in [5.41, 5.74) is 0. The van der Waals surface area contributed by atoms with E-state index in [0.717, 1.165) is 17.4 Å². The molecular weight excluding hydrogens is 236 g/mol. The zero-order valence-electron chi connectivity index (χ0n) is 8.27. The summed E-state index contributed by atoms with van der Waals surface area (Å²) in [6, 6.07) is 1.70. The molecular formula is C8H13ClN4OS. The molecule has 0 aromatic carbocycles. The molecule has 84 valence electrons. The number of anilines is 1. The SMILES string of the molecule is Cl.Cn1nccc1NC(=O)C1CSCN1. The Hall–Kier alpha value is -0.720. The van der Waals surface area contributed by atoms with Crippen LogP contribution < -0.4 is 10.6 Å². The van der Waals surface area contributed by atoms with Crippen molar-refractivity contribution in [2.45, 2.75) is 6.04 Å². The molecule has 1 aliphatic heterocycles. The van der Waals surface area contributed by atoms with Crippen molar-refractivity contribution in [1.29, 1.82) is 0 Å². The molecule has 1 fully saturated rings. The highest BCUT2D eigenvalue weighted by Crippen LogP contribution is 2.11. The maximum atomic E-state index is 11.6. The van der Waals surface area contributed by atoms with Crippen LogP contribution in [0.15, 0.2) is 12.3 Å². The van der Waals surface area contributed by atoms with Crippen LogP contribution in [0.2, 0.25) is 0 Å². The largest absolute Gasteiger partial charge is 0.310 e. The van der Waals surface area contributed by atoms with E-state index >= 15 is 0 Å². The molecule has 1 amide bonds. The van der Waals surface area contributed by atoms with Crippen LogP contribution in [0.3, 0.4) is 0 Å². The standard InChI is InChI=1S/C8H12N4OS.ClH/c1-12-7(2-3-10-12)11-8(13)6-4-14-5-9-6;/h2-3,6,9H,4-5H2,1H3,(H,11,13);1H. The Bertz CT molecular complexity index is 337. The molecule has 15 heavy (non-hydrogen) atoms. The maximum Gasteiger partial charge on any atom is 0.243 e. The van der Waals surface area contributed by atoms with Crippen LogP contribution >= 0.6 is 24.2 Å². The van der Waals surface area contributed by atoms with Crippen molar-refractivity contribution in [3.05, 3.63) is 12.3 Å². The fraction of sp³-hybridized carbons (Fsp3) is 0.500. The molecule has 0 spiro atoms. The average molecular weight is 249 g/mol. The Balaban J connectivity index is 0.00000112. The predicted molar refractivity (Wildman–Crippen MR) is 63.3 cm³/mol. The van der Waals surface area contributed by atoms with Gasteiger partial charge in [0, 0.05) is 24.7 Å². The van der Waals surface area contributed by atoms with E-state index in [4.69, 9.17) is 0 Å². The highest BCUT2D eigenvalue weighted by Gasteiger charge is 2.22. The van der Waals surface area contributed by atoms with E-state index in [1.54, 1.807) is 35.8 Å². The van der Waals surface area contributed by atoms with E-state index in [-0.39, 0.29) is 24.4 Å². The molecule has 1 saturated heterocycles. The van der Waals surface area contributed by atoms with Gasteiger partial charge in [-0.2, -0.15) is 5.10 Å². The summed E-state index contributed by atoms with van der Waals surface area (Å²) >= 11 is 1.73. The number of amides is 1. The molecule has 7 heteroatoms. The number of hydrogen-bond donors (Lipinski definition) is 2. The van der Waals surface area contributed by atoms with Gasteiger partial charge in [0.25, 0.3) is 0 Å². The molecule has 1 aromatic heterocycles. The third-order valence-electron chi connectivity index (χ3n) is 2.10. The first-order valence-corrected chi connectivity index (χ1v) is 5.53. The van der Waals surface area contributed by atoms with Gasteiger partial charge in [-0.25, -0.2) is 0 Å². The fourth-order valence-electron chi connectivity index (χ4n) is 1.27. The van der Waals surface area contributed by atoms with Gasteiger partial charge < -0.3 is 5.32 Å². The number of carbonyl (C=O) groups excluding carboxylic acids is 1. The van der Waals surface area contributed by atoms with Crippen LogP contribution in [0.1, 0.15) is 0 Å². The van der Waals surface area contributed by atoms with E-state index in [1.165, 1.54) is 0 Å². The summed E-state index contributed by atoms with van der Waals surface area (Å²) in [5.74, 6) is 2.43. The Kier molecular flexibility index (Phi) is 4.44. The summed E-state index contributed by atoms with van der Waals surface area (Å²) < 4.78 is 1.64. The fourth-order valence-corrected chi connectivity index (χ4v) is 2.22. The zero-order valence-corrected chi connectivity index (χ0v) is 9.90. The summed E-state index contributed by atoms with van der Waals surface area (Å²) in [7, 11) is 1.80. The lowest BCUT2D eigenvalue weighted by molar-refractivity contribution is -0.117. The lowest BCUT2D eigenvalue weighted by Gasteiger charge is -2.09. The van der Waals surface area contributed by atoms with E-state index in [1.807, 2.05) is 0 Å². The van der Waals surface area contributed by atoms with Gasteiger partial charge in [-0.15, -0.1) is 24.2 Å². The number of hydrogen-bond acceptors (Lipinski definition) is 4. The van der Waals surface area contributed by atoms with E-state index in [2.05, 4.69) is 15.7 Å². The molecule has 0 saturated carbocycles.